The van der Waals surface area contributed by atoms with Crippen molar-refractivity contribution in [2.75, 3.05) is 20.2 Å². The average Bonchev–Trinajstić information content (AvgIpc) is 2.62. The molecule has 7 heteroatoms. The van der Waals surface area contributed by atoms with Crippen LogP contribution in [0.5, 0.6) is 0 Å². The van der Waals surface area contributed by atoms with Gasteiger partial charge in [-0.3, -0.25) is 9.59 Å². The van der Waals surface area contributed by atoms with Crippen molar-refractivity contribution in [3.8, 4) is 0 Å². The molecule has 3 rings (SSSR count). The lowest BCUT2D eigenvalue weighted by Gasteiger charge is -2.37. The number of aryl methyl sites for hydroxylation is 1. The number of hydrogen-bond donors (Lipinski definition) is 1. The van der Waals surface area contributed by atoms with E-state index in [0.29, 0.717) is 37.3 Å². The third-order valence-corrected chi connectivity index (χ3v) is 4.81. The number of benzene rings is 1. The lowest BCUT2D eigenvalue weighted by Crippen LogP contribution is -2.48. The number of nitrogens with zero attached hydrogens (tertiary/aromatic N) is 2. The fourth-order valence-electron chi connectivity index (χ4n) is 3.45. The molecule has 0 spiro atoms. The Morgan fingerprint density at radius 1 is 1.42 bits per heavy atom. The Labute approximate surface area is 151 Å². The van der Waals surface area contributed by atoms with Crippen molar-refractivity contribution in [1.29, 1.82) is 0 Å². The summed E-state index contributed by atoms with van der Waals surface area (Å²) in [5.74, 6) is 0.0167. The van der Waals surface area contributed by atoms with Crippen molar-refractivity contribution in [2.45, 2.75) is 25.9 Å². The Morgan fingerprint density at radius 2 is 2.19 bits per heavy atom. The van der Waals surface area contributed by atoms with Crippen LogP contribution < -0.4 is 5.56 Å². The Kier molecular flexibility index (Phi) is 5.46. The van der Waals surface area contributed by atoms with Gasteiger partial charge in [0.05, 0.1) is 6.10 Å². The number of H-pyrrole nitrogens is 1. The van der Waals surface area contributed by atoms with Crippen molar-refractivity contribution in [2.24, 2.45) is 5.92 Å². The Morgan fingerprint density at radius 3 is 2.88 bits per heavy atom. The molecule has 2 atom stereocenters. The van der Waals surface area contributed by atoms with Crippen LogP contribution in [-0.4, -0.2) is 47.1 Å². The molecule has 1 N–H and O–H groups in total. The minimum absolute atomic E-state index is 0.120. The van der Waals surface area contributed by atoms with Gasteiger partial charge in [-0.15, -0.1) is 0 Å². The molecule has 0 unspecified atom stereocenters. The summed E-state index contributed by atoms with van der Waals surface area (Å²) in [7, 11) is 1.60. The van der Waals surface area contributed by atoms with Crippen molar-refractivity contribution >= 4 is 5.91 Å². The van der Waals surface area contributed by atoms with E-state index in [0.717, 1.165) is 0 Å². The first-order chi connectivity index (χ1) is 12.5. The summed E-state index contributed by atoms with van der Waals surface area (Å²) in [5, 5.41) is 0. The van der Waals surface area contributed by atoms with E-state index in [-0.39, 0.29) is 35.0 Å². The normalized spacial score (nSPS) is 20.2. The number of piperidine rings is 1. The minimum atomic E-state index is -0.349. The zero-order chi connectivity index (χ0) is 18.7. The third-order valence-electron chi connectivity index (χ3n) is 4.81. The summed E-state index contributed by atoms with van der Waals surface area (Å²) < 4.78 is 19.5. The highest BCUT2D eigenvalue weighted by Crippen LogP contribution is 2.26. The maximum atomic E-state index is 13.9. The molecule has 1 aliphatic heterocycles. The van der Waals surface area contributed by atoms with E-state index in [1.54, 1.807) is 31.1 Å². The summed E-state index contributed by atoms with van der Waals surface area (Å²) in [6.45, 7) is 2.55. The molecule has 2 aromatic rings. The molecule has 1 saturated heterocycles. The number of carbonyl (C=O) groups excluding carboxylic acids is 1. The number of likely N-dealkylation sites (tertiary alicyclic amines) is 1. The van der Waals surface area contributed by atoms with Gasteiger partial charge >= 0.3 is 0 Å². The maximum Gasteiger partial charge on any atom is 0.272 e. The van der Waals surface area contributed by atoms with Gasteiger partial charge in [0.15, 0.2) is 0 Å². The number of ether oxygens (including phenoxy) is 1. The van der Waals surface area contributed by atoms with E-state index in [4.69, 9.17) is 4.74 Å². The lowest BCUT2D eigenvalue weighted by atomic mass is 9.87. The van der Waals surface area contributed by atoms with Crippen LogP contribution in [0.4, 0.5) is 4.39 Å². The number of carbonyl (C=O) groups is 1. The van der Waals surface area contributed by atoms with E-state index >= 15 is 0 Å². The molecular weight excluding hydrogens is 337 g/mol. The van der Waals surface area contributed by atoms with Gasteiger partial charge in [-0.25, -0.2) is 9.37 Å². The van der Waals surface area contributed by atoms with Crippen molar-refractivity contribution < 1.29 is 13.9 Å². The van der Waals surface area contributed by atoms with Gasteiger partial charge in [-0.2, -0.15) is 0 Å². The summed E-state index contributed by atoms with van der Waals surface area (Å²) in [4.78, 5) is 32.6. The van der Waals surface area contributed by atoms with Crippen LogP contribution in [0.25, 0.3) is 0 Å². The summed E-state index contributed by atoms with van der Waals surface area (Å²) in [6.07, 6.45) is 1.06. The second-order valence-corrected chi connectivity index (χ2v) is 6.59. The molecule has 138 valence electrons. The lowest BCUT2D eigenvalue weighted by molar-refractivity contribution is -0.00738. The van der Waals surface area contributed by atoms with E-state index in [1.165, 1.54) is 12.1 Å². The number of amides is 1. The van der Waals surface area contributed by atoms with Crippen molar-refractivity contribution in [3.05, 3.63) is 63.6 Å². The van der Waals surface area contributed by atoms with Gasteiger partial charge in [-0.05, 0) is 37.3 Å². The maximum absolute atomic E-state index is 13.9. The molecule has 1 aromatic carbocycles. The highest BCUT2D eigenvalue weighted by Gasteiger charge is 2.33. The molecule has 0 bridgehead atoms. The molecule has 1 amide bonds. The predicted octanol–water partition coefficient (Wildman–Crippen LogP) is 1.94. The number of methoxy groups -OCH3 is 1. The predicted molar refractivity (Wildman–Crippen MR) is 94.5 cm³/mol. The van der Waals surface area contributed by atoms with Gasteiger partial charge in [0.25, 0.3) is 11.5 Å². The first-order valence-electron chi connectivity index (χ1n) is 8.61. The molecule has 1 fully saturated rings. The topological polar surface area (TPSA) is 75.3 Å². The van der Waals surface area contributed by atoms with Crippen LogP contribution in [0.3, 0.4) is 0 Å². The SMILES string of the molecule is CO[C@H]1CN(C(=O)c2cc(=O)[nH]c(C)n2)CC[C@@H]1Cc1ccccc1F. The number of nitrogens with one attached hydrogen (secondary N) is 1. The molecule has 2 heterocycles. The van der Waals surface area contributed by atoms with Crippen LogP contribution in [0, 0.1) is 18.7 Å². The molecule has 1 aromatic heterocycles. The molecule has 26 heavy (non-hydrogen) atoms. The second kappa shape index (κ2) is 7.78. The standard InChI is InChI=1S/C19H22FN3O3/c1-12-21-16(10-18(24)22-12)19(25)23-8-7-14(17(11-23)26-2)9-13-5-3-4-6-15(13)20/h3-6,10,14,17H,7-9,11H2,1-2H3,(H,21,22,24)/t14-,17+/m1/s1. The first kappa shape index (κ1) is 18.3. The number of halogens is 1. The summed E-state index contributed by atoms with van der Waals surface area (Å²) in [6, 6.07) is 7.94. The van der Waals surface area contributed by atoms with Crippen LogP contribution >= 0.6 is 0 Å². The number of aromatic nitrogens is 2. The zero-order valence-electron chi connectivity index (χ0n) is 14.9. The monoisotopic (exact) mass is 359 g/mol. The number of hydrogen-bond acceptors (Lipinski definition) is 4. The van der Waals surface area contributed by atoms with Gasteiger partial charge in [0.1, 0.15) is 17.3 Å². The Balaban J connectivity index is 1.72. The van der Waals surface area contributed by atoms with Crippen molar-refractivity contribution in [1.82, 2.24) is 14.9 Å². The quantitative estimate of drug-likeness (QED) is 0.905. The van der Waals surface area contributed by atoms with E-state index in [9.17, 15) is 14.0 Å². The van der Waals surface area contributed by atoms with Crippen LogP contribution in [0.15, 0.2) is 35.1 Å². The van der Waals surface area contributed by atoms with Gasteiger partial charge in [0.2, 0.25) is 0 Å². The van der Waals surface area contributed by atoms with E-state index < -0.39 is 0 Å². The van der Waals surface area contributed by atoms with Crippen LogP contribution in [0.2, 0.25) is 0 Å². The molecule has 6 nitrogen and oxygen atoms in total. The third kappa shape index (κ3) is 3.99. The van der Waals surface area contributed by atoms with Crippen LogP contribution in [-0.2, 0) is 11.2 Å². The number of rotatable bonds is 4. The fraction of sp³-hybridized carbons (Fsp3) is 0.421. The fourth-order valence-corrected chi connectivity index (χ4v) is 3.45. The molecule has 0 aliphatic carbocycles. The average molecular weight is 359 g/mol. The molecular formula is C19H22FN3O3. The highest BCUT2D eigenvalue weighted by molar-refractivity contribution is 5.92. The van der Waals surface area contributed by atoms with E-state index in [2.05, 4.69) is 9.97 Å². The van der Waals surface area contributed by atoms with E-state index in [1.807, 2.05) is 6.07 Å². The van der Waals surface area contributed by atoms with Gasteiger partial charge < -0.3 is 14.6 Å². The number of aromatic amines is 1. The minimum Gasteiger partial charge on any atom is -0.379 e. The largest absolute Gasteiger partial charge is 0.379 e. The molecule has 0 radical (unpaired) electrons. The summed E-state index contributed by atoms with van der Waals surface area (Å²) >= 11 is 0. The van der Waals surface area contributed by atoms with Gasteiger partial charge in [0, 0.05) is 26.3 Å². The Bertz CT molecular complexity index is 852. The van der Waals surface area contributed by atoms with Crippen LogP contribution in [0.1, 0.15) is 28.3 Å². The Hall–Kier alpha value is -2.54. The van der Waals surface area contributed by atoms with Crippen molar-refractivity contribution in [3.63, 3.8) is 0 Å². The molecule has 1 aliphatic rings. The highest BCUT2D eigenvalue weighted by atomic mass is 19.1. The molecule has 0 saturated carbocycles. The zero-order valence-corrected chi connectivity index (χ0v) is 14.9. The first-order valence-corrected chi connectivity index (χ1v) is 8.61. The summed E-state index contributed by atoms with van der Waals surface area (Å²) in [5.41, 5.74) is 0.443. The smallest absolute Gasteiger partial charge is 0.272 e. The second-order valence-electron chi connectivity index (χ2n) is 6.59. The van der Waals surface area contributed by atoms with Gasteiger partial charge in [-0.1, -0.05) is 18.2 Å².